The minimum absolute atomic E-state index is 0.0448. The molecule has 4 rings (SSSR count). The standard InChI is InChI=1S/C18H29NO2.C11H22O.C8H16O/c1-12(2)16(20)4-3-5-19-17(21)18-9-13-6-14(10-18)8-15(7-13)11-18;1-4-5-6-7-8-9-11(12)10(2)3;1-4-5-6-8(9)7(2)3/h12-15H,3-11H2,1-2H3,(H,19,21);10H,4-9H2,1-3H3;7H,4-6H2,1-3H3. The van der Waals surface area contributed by atoms with E-state index in [4.69, 9.17) is 0 Å². The predicted octanol–water partition coefficient (Wildman–Crippen LogP) is 9.30. The summed E-state index contributed by atoms with van der Waals surface area (Å²) < 4.78 is 0. The van der Waals surface area contributed by atoms with E-state index in [2.05, 4.69) is 19.2 Å². The molecule has 244 valence electrons. The third-order valence-electron chi connectivity index (χ3n) is 9.64. The van der Waals surface area contributed by atoms with Crippen LogP contribution in [0.5, 0.6) is 0 Å². The fraction of sp³-hybridized carbons (Fsp3) is 0.892. The van der Waals surface area contributed by atoms with Crippen molar-refractivity contribution in [2.24, 2.45) is 40.9 Å². The minimum atomic E-state index is -0.0448. The summed E-state index contributed by atoms with van der Waals surface area (Å²) in [4.78, 5) is 46.4. The van der Waals surface area contributed by atoms with Crippen molar-refractivity contribution < 1.29 is 19.2 Å². The van der Waals surface area contributed by atoms with E-state index in [-0.39, 0.29) is 23.2 Å². The number of amides is 1. The van der Waals surface area contributed by atoms with Crippen molar-refractivity contribution in [1.29, 1.82) is 0 Å². The van der Waals surface area contributed by atoms with Crippen LogP contribution in [0.3, 0.4) is 0 Å². The van der Waals surface area contributed by atoms with Crippen LogP contribution in [-0.2, 0) is 19.2 Å². The lowest BCUT2D eigenvalue weighted by Crippen LogP contribution is -2.53. The van der Waals surface area contributed by atoms with Gasteiger partial charge in [0, 0.05) is 49.0 Å². The van der Waals surface area contributed by atoms with Crippen LogP contribution < -0.4 is 5.32 Å². The number of hydrogen-bond acceptors (Lipinski definition) is 4. The summed E-state index contributed by atoms with van der Waals surface area (Å²) in [5.74, 6) is 4.43. The van der Waals surface area contributed by atoms with Gasteiger partial charge in [0.2, 0.25) is 5.91 Å². The molecule has 0 saturated heterocycles. The maximum Gasteiger partial charge on any atom is 0.226 e. The Morgan fingerprint density at radius 1 is 0.571 bits per heavy atom. The molecule has 0 heterocycles. The maximum atomic E-state index is 12.7. The summed E-state index contributed by atoms with van der Waals surface area (Å²) in [7, 11) is 0. The van der Waals surface area contributed by atoms with Crippen LogP contribution in [0.15, 0.2) is 0 Å². The molecule has 42 heavy (non-hydrogen) atoms. The fourth-order valence-electron chi connectivity index (χ4n) is 7.16. The highest BCUT2D eigenvalue weighted by Crippen LogP contribution is 2.60. The topological polar surface area (TPSA) is 80.3 Å². The van der Waals surface area contributed by atoms with Gasteiger partial charge < -0.3 is 5.32 Å². The number of carbonyl (C=O) groups excluding carboxylic acids is 4. The number of unbranched alkanes of at least 4 members (excludes halogenated alkanes) is 5. The molecule has 4 aliphatic carbocycles. The first-order valence-electron chi connectivity index (χ1n) is 17.7. The Labute approximate surface area is 259 Å². The summed E-state index contributed by atoms with van der Waals surface area (Å²) in [6.07, 6.45) is 18.8. The summed E-state index contributed by atoms with van der Waals surface area (Å²) in [5.41, 5.74) is -0.0448. The van der Waals surface area contributed by atoms with Crippen LogP contribution in [0.1, 0.15) is 165 Å². The number of nitrogens with one attached hydrogen (secondary N) is 1. The van der Waals surface area contributed by atoms with Gasteiger partial charge in [0.1, 0.15) is 17.3 Å². The van der Waals surface area contributed by atoms with E-state index in [0.717, 1.165) is 75.5 Å². The number of carbonyl (C=O) groups is 4. The van der Waals surface area contributed by atoms with Gasteiger partial charge in [-0.3, -0.25) is 19.2 Å². The number of ketones is 3. The Morgan fingerprint density at radius 2 is 0.952 bits per heavy atom. The summed E-state index contributed by atoms with van der Waals surface area (Å²) in [6, 6.07) is 0. The van der Waals surface area contributed by atoms with Crippen LogP contribution in [0, 0.1) is 40.9 Å². The predicted molar refractivity (Wildman–Crippen MR) is 175 cm³/mol. The van der Waals surface area contributed by atoms with Crippen molar-refractivity contribution in [1.82, 2.24) is 5.32 Å². The van der Waals surface area contributed by atoms with E-state index in [1.54, 1.807) is 0 Å². The number of hydrogen-bond donors (Lipinski definition) is 1. The Hall–Kier alpha value is -1.52. The first kappa shape index (κ1) is 38.5. The molecular weight excluding hydrogens is 522 g/mol. The normalized spacial score (nSPS) is 23.7. The van der Waals surface area contributed by atoms with Crippen molar-refractivity contribution >= 4 is 23.3 Å². The molecule has 1 N–H and O–H groups in total. The molecule has 0 spiro atoms. The second kappa shape index (κ2) is 20.4. The Bertz CT molecular complexity index is 777. The van der Waals surface area contributed by atoms with E-state index < -0.39 is 0 Å². The van der Waals surface area contributed by atoms with Gasteiger partial charge in [0.25, 0.3) is 0 Å². The zero-order valence-electron chi connectivity index (χ0n) is 28.8. The third-order valence-corrected chi connectivity index (χ3v) is 9.64. The van der Waals surface area contributed by atoms with Crippen LogP contribution in [0.2, 0.25) is 0 Å². The first-order chi connectivity index (χ1) is 19.8. The van der Waals surface area contributed by atoms with Gasteiger partial charge >= 0.3 is 0 Å². The molecule has 5 heteroatoms. The van der Waals surface area contributed by atoms with Gasteiger partial charge in [-0.25, -0.2) is 0 Å². The van der Waals surface area contributed by atoms with E-state index in [1.807, 2.05) is 41.5 Å². The molecule has 0 aromatic rings. The number of rotatable bonds is 17. The summed E-state index contributed by atoms with van der Waals surface area (Å²) in [5, 5.41) is 3.14. The molecule has 1 amide bonds. The molecule has 0 unspecified atom stereocenters. The van der Waals surface area contributed by atoms with Crippen molar-refractivity contribution in [3.05, 3.63) is 0 Å². The number of Topliss-reactive ketones (excluding diaryl/α,β-unsaturated/α-hetero) is 3. The van der Waals surface area contributed by atoms with Crippen LogP contribution >= 0.6 is 0 Å². The van der Waals surface area contributed by atoms with Crippen molar-refractivity contribution in [2.75, 3.05) is 6.54 Å². The third kappa shape index (κ3) is 14.3. The van der Waals surface area contributed by atoms with Crippen molar-refractivity contribution in [3.63, 3.8) is 0 Å². The average Bonchev–Trinajstić information content (AvgIpc) is 2.93. The lowest BCUT2D eigenvalue weighted by atomic mass is 9.49. The summed E-state index contributed by atoms with van der Waals surface area (Å²) in [6.45, 7) is 16.7. The largest absolute Gasteiger partial charge is 0.356 e. The second-order valence-electron chi connectivity index (χ2n) is 14.7. The monoisotopic (exact) mass is 590 g/mol. The molecule has 4 fully saturated rings. The van der Waals surface area contributed by atoms with Gasteiger partial charge in [0.15, 0.2) is 0 Å². The highest BCUT2D eigenvalue weighted by molar-refractivity contribution is 5.83. The maximum absolute atomic E-state index is 12.7. The van der Waals surface area contributed by atoms with E-state index >= 15 is 0 Å². The smallest absolute Gasteiger partial charge is 0.226 e. The lowest BCUT2D eigenvalue weighted by molar-refractivity contribution is -0.146. The molecule has 5 nitrogen and oxygen atoms in total. The Morgan fingerprint density at radius 3 is 1.36 bits per heavy atom. The van der Waals surface area contributed by atoms with E-state index in [0.29, 0.717) is 36.2 Å². The van der Waals surface area contributed by atoms with Gasteiger partial charge in [-0.05, 0) is 75.5 Å². The van der Waals surface area contributed by atoms with E-state index in [9.17, 15) is 19.2 Å². The van der Waals surface area contributed by atoms with Crippen molar-refractivity contribution in [2.45, 2.75) is 165 Å². The Kier molecular flexibility index (Phi) is 18.7. The second-order valence-corrected chi connectivity index (χ2v) is 14.7. The lowest BCUT2D eigenvalue weighted by Gasteiger charge is -2.55. The van der Waals surface area contributed by atoms with Gasteiger partial charge in [-0.2, -0.15) is 0 Å². The van der Waals surface area contributed by atoms with Gasteiger partial charge in [-0.15, -0.1) is 0 Å². The Balaban J connectivity index is 0.000000358. The minimum Gasteiger partial charge on any atom is -0.356 e. The zero-order chi connectivity index (χ0) is 31.7. The molecule has 0 aromatic heterocycles. The molecule has 0 aromatic carbocycles. The molecule has 4 saturated carbocycles. The van der Waals surface area contributed by atoms with Crippen LogP contribution in [0.4, 0.5) is 0 Å². The van der Waals surface area contributed by atoms with Crippen LogP contribution in [0.25, 0.3) is 0 Å². The van der Waals surface area contributed by atoms with Gasteiger partial charge in [0.05, 0.1) is 0 Å². The highest BCUT2D eigenvalue weighted by Gasteiger charge is 2.54. The SMILES string of the molecule is CC(C)C(=O)CCCNC(=O)C12CC3CC(CC(C3)C1)C2.CCCCC(=O)C(C)C.CCCCCCCC(=O)C(C)C. The highest BCUT2D eigenvalue weighted by atomic mass is 16.2. The molecule has 0 aliphatic heterocycles. The van der Waals surface area contributed by atoms with Crippen molar-refractivity contribution in [3.8, 4) is 0 Å². The fourth-order valence-corrected chi connectivity index (χ4v) is 7.16. The molecule has 4 aliphatic rings. The van der Waals surface area contributed by atoms with E-state index in [1.165, 1.54) is 44.9 Å². The molecular formula is C37H67NO4. The zero-order valence-corrected chi connectivity index (χ0v) is 28.8. The summed E-state index contributed by atoms with van der Waals surface area (Å²) >= 11 is 0. The molecule has 0 radical (unpaired) electrons. The van der Waals surface area contributed by atoms with Gasteiger partial charge in [-0.1, -0.05) is 87.5 Å². The van der Waals surface area contributed by atoms with Crippen LogP contribution in [-0.4, -0.2) is 29.8 Å². The quantitative estimate of drug-likeness (QED) is 0.171. The molecule has 0 atom stereocenters. The first-order valence-corrected chi connectivity index (χ1v) is 17.7. The average molecular weight is 590 g/mol. The molecule has 4 bridgehead atoms.